The van der Waals surface area contributed by atoms with Crippen LogP contribution in [0.3, 0.4) is 0 Å². The van der Waals surface area contributed by atoms with E-state index in [-0.39, 0.29) is 5.54 Å². The summed E-state index contributed by atoms with van der Waals surface area (Å²) in [4.78, 5) is 16.2. The van der Waals surface area contributed by atoms with Gasteiger partial charge in [0, 0.05) is 31.6 Å². The molecule has 1 rings (SSSR count). The van der Waals surface area contributed by atoms with E-state index in [1.165, 1.54) is 0 Å². The van der Waals surface area contributed by atoms with Crippen molar-refractivity contribution >= 4 is 5.91 Å². The Morgan fingerprint density at radius 2 is 1.93 bits per heavy atom. The van der Waals surface area contributed by atoms with E-state index >= 15 is 0 Å². The molecule has 88 valence electrons. The number of piperazine rings is 1. The van der Waals surface area contributed by atoms with Gasteiger partial charge in [-0.2, -0.15) is 0 Å². The van der Waals surface area contributed by atoms with Gasteiger partial charge in [0.25, 0.3) is 0 Å². The van der Waals surface area contributed by atoms with Crippen LogP contribution in [-0.4, -0.2) is 47.9 Å². The third kappa shape index (κ3) is 3.20. The maximum Gasteiger partial charge on any atom is 0.222 e. The Hall–Kier alpha value is -0.570. The second-order valence-corrected chi connectivity index (χ2v) is 5.65. The van der Waals surface area contributed by atoms with Gasteiger partial charge in [-0.15, -0.1) is 0 Å². The van der Waals surface area contributed by atoms with Crippen LogP contribution in [0, 0.1) is 5.92 Å². The summed E-state index contributed by atoms with van der Waals surface area (Å²) >= 11 is 0. The van der Waals surface area contributed by atoms with Gasteiger partial charge < -0.3 is 4.90 Å². The molecule has 0 saturated carbocycles. The van der Waals surface area contributed by atoms with E-state index in [0.29, 0.717) is 18.2 Å². The molecule has 1 fully saturated rings. The smallest absolute Gasteiger partial charge is 0.222 e. The largest absolute Gasteiger partial charge is 0.340 e. The molecule has 0 aromatic rings. The minimum atomic E-state index is 0.116. The van der Waals surface area contributed by atoms with E-state index in [9.17, 15) is 4.79 Å². The van der Waals surface area contributed by atoms with Gasteiger partial charge in [0.15, 0.2) is 0 Å². The van der Waals surface area contributed by atoms with Crippen LogP contribution >= 0.6 is 0 Å². The fraction of sp³-hybridized carbons (Fsp3) is 0.917. The molecule has 1 saturated heterocycles. The maximum atomic E-state index is 11.9. The van der Waals surface area contributed by atoms with Gasteiger partial charge in [0.05, 0.1) is 0 Å². The molecule has 1 heterocycles. The standard InChI is InChI=1S/C12H24N2O/c1-10(2)8-11(15)14-7-6-13(5)12(3,4)9-14/h10H,6-9H2,1-5H3. The predicted molar refractivity (Wildman–Crippen MR) is 62.7 cm³/mol. The number of nitrogens with zero attached hydrogens (tertiary/aromatic N) is 2. The summed E-state index contributed by atoms with van der Waals surface area (Å²) in [5, 5.41) is 0. The molecule has 0 aromatic heterocycles. The van der Waals surface area contributed by atoms with Crippen LogP contribution in [0.5, 0.6) is 0 Å². The summed E-state index contributed by atoms with van der Waals surface area (Å²) in [6, 6.07) is 0. The molecule has 3 heteroatoms. The second-order valence-electron chi connectivity index (χ2n) is 5.65. The fourth-order valence-electron chi connectivity index (χ4n) is 1.93. The van der Waals surface area contributed by atoms with E-state index in [4.69, 9.17) is 0 Å². The monoisotopic (exact) mass is 212 g/mol. The number of hydrogen-bond donors (Lipinski definition) is 0. The Morgan fingerprint density at radius 1 is 1.33 bits per heavy atom. The minimum absolute atomic E-state index is 0.116. The number of hydrogen-bond acceptors (Lipinski definition) is 2. The third-order valence-electron chi connectivity index (χ3n) is 3.25. The highest BCUT2D eigenvalue weighted by molar-refractivity contribution is 5.76. The summed E-state index contributed by atoms with van der Waals surface area (Å²) in [6.45, 7) is 11.3. The van der Waals surface area contributed by atoms with Crippen molar-refractivity contribution < 1.29 is 4.79 Å². The first kappa shape index (κ1) is 12.5. The SMILES string of the molecule is CC(C)CC(=O)N1CCN(C)C(C)(C)C1. The molecule has 0 N–H and O–H groups in total. The first-order valence-corrected chi connectivity index (χ1v) is 5.82. The molecule has 1 aliphatic rings. The predicted octanol–water partition coefficient (Wildman–Crippen LogP) is 1.59. The molecule has 0 aromatic carbocycles. The van der Waals surface area contributed by atoms with Gasteiger partial charge in [-0.3, -0.25) is 9.69 Å². The van der Waals surface area contributed by atoms with Crippen molar-refractivity contribution in [1.82, 2.24) is 9.80 Å². The molecule has 0 atom stereocenters. The third-order valence-corrected chi connectivity index (χ3v) is 3.25. The van der Waals surface area contributed by atoms with Crippen molar-refractivity contribution in [3.05, 3.63) is 0 Å². The number of amides is 1. The zero-order valence-corrected chi connectivity index (χ0v) is 10.7. The van der Waals surface area contributed by atoms with Crippen molar-refractivity contribution in [3.63, 3.8) is 0 Å². The van der Waals surface area contributed by atoms with E-state index in [0.717, 1.165) is 19.6 Å². The second kappa shape index (κ2) is 4.52. The summed E-state index contributed by atoms with van der Waals surface area (Å²) in [6.07, 6.45) is 0.680. The Labute approximate surface area is 93.4 Å². The van der Waals surface area contributed by atoms with E-state index < -0.39 is 0 Å². The average molecular weight is 212 g/mol. The van der Waals surface area contributed by atoms with Crippen molar-refractivity contribution in [2.24, 2.45) is 5.92 Å². The van der Waals surface area contributed by atoms with Crippen LogP contribution in [-0.2, 0) is 4.79 Å². The van der Waals surface area contributed by atoms with Gasteiger partial charge in [-0.25, -0.2) is 0 Å². The number of rotatable bonds is 2. The number of likely N-dealkylation sites (N-methyl/N-ethyl adjacent to an activating group) is 1. The number of carbonyl (C=O) groups is 1. The molecular weight excluding hydrogens is 188 g/mol. The molecule has 0 spiro atoms. The summed E-state index contributed by atoms with van der Waals surface area (Å²) in [7, 11) is 2.13. The van der Waals surface area contributed by atoms with Crippen LogP contribution in [0.2, 0.25) is 0 Å². The summed E-state index contributed by atoms with van der Waals surface area (Å²) in [5.74, 6) is 0.770. The summed E-state index contributed by atoms with van der Waals surface area (Å²) in [5.41, 5.74) is 0.116. The van der Waals surface area contributed by atoms with Crippen molar-refractivity contribution in [2.45, 2.75) is 39.7 Å². The van der Waals surface area contributed by atoms with Gasteiger partial charge >= 0.3 is 0 Å². The molecule has 1 aliphatic heterocycles. The average Bonchev–Trinajstić information content (AvgIpc) is 2.08. The Bertz CT molecular complexity index is 236. The van der Waals surface area contributed by atoms with Crippen LogP contribution in [0.1, 0.15) is 34.1 Å². The lowest BCUT2D eigenvalue weighted by atomic mass is 9.99. The number of carbonyl (C=O) groups excluding carboxylic acids is 1. The van der Waals surface area contributed by atoms with Gasteiger partial charge in [-0.05, 0) is 26.8 Å². The zero-order valence-electron chi connectivity index (χ0n) is 10.7. The fourth-order valence-corrected chi connectivity index (χ4v) is 1.93. The molecule has 3 nitrogen and oxygen atoms in total. The van der Waals surface area contributed by atoms with Gasteiger partial charge in [-0.1, -0.05) is 13.8 Å². The minimum Gasteiger partial charge on any atom is -0.340 e. The van der Waals surface area contributed by atoms with Crippen LogP contribution < -0.4 is 0 Å². The highest BCUT2D eigenvalue weighted by Crippen LogP contribution is 2.19. The molecule has 0 aliphatic carbocycles. The van der Waals surface area contributed by atoms with Crippen LogP contribution in [0.15, 0.2) is 0 Å². The van der Waals surface area contributed by atoms with E-state index in [1.807, 2.05) is 4.90 Å². The Balaban J connectivity index is 2.55. The Morgan fingerprint density at radius 3 is 2.40 bits per heavy atom. The maximum absolute atomic E-state index is 11.9. The molecule has 0 bridgehead atoms. The molecule has 1 amide bonds. The van der Waals surface area contributed by atoms with E-state index in [1.54, 1.807) is 0 Å². The first-order chi connectivity index (χ1) is 6.83. The summed E-state index contributed by atoms with van der Waals surface area (Å²) < 4.78 is 0. The topological polar surface area (TPSA) is 23.6 Å². The normalized spacial score (nSPS) is 22.1. The Kier molecular flexibility index (Phi) is 3.77. The highest BCUT2D eigenvalue weighted by atomic mass is 16.2. The zero-order chi connectivity index (χ0) is 11.6. The molecule has 15 heavy (non-hydrogen) atoms. The van der Waals surface area contributed by atoms with Crippen LogP contribution in [0.4, 0.5) is 0 Å². The molecule has 0 radical (unpaired) electrons. The van der Waals surface area contributed by atoms with Crippen LogP contribution in [0.25, 0.3) is 0 Å². The highest BCUT2D eigenvalue weighted by Gasteiger charge is 2.32. The van der Waals surface area contributed by atoms with Crippen molar-refractivity contribution in [3.8, 4) is 0 Å². The van der Waals surface area contributed by atoms with Gasteiger partial charge in [0.1, 0.15) is 0 Å². The van der Waals surface area contributed by atoms with Crippen molar-refractivity contribution in [1.29, 1.82) is 0 Å². The quantitative estimate of drug-likeness (QED) is 0.694. The lowest BCUT2D eigenvalue weighted by Gasteiger charge is -2.45. The first-order valence-electron chi connectivity index (χ1n) is 5.82. The molecule has 0 unspecified atom stereocenters. The van der Waals surface area contributed by atoms with Crippen molar-refractivity contribution in [2.75, 3.05) is 26.7 Å². The lowest BCUT2D eigenvalue weighted by molar-refractivity contribution is -0.136. The molecular formula is C12H24N2O. The van der Waals surface area contributed by atoms with E-state index in [2.05, 4.69) is 39.6 Å². The van der Waals surface area contributed by atoms with Gasteiger partial charge in [0.2, 0.25) is 5.91 Å². The lowest BCUT2D eigenvalue weighted by Crippen LogP contribution is -2.58.